The number of aromatic nitrogens is 2. The van der Waals surface area contributed by atoms with Crippen LogP contribution in [0.2, 0.25) is 0 Å². The highest BCUT2D eigenvalue weighted by molar-refractivity contribution is 5.99. The Morgan fingerprint density at radius 1 is 1.31 bits per heavy atom. The first-order valence-electron chi connectivity index (χ1n) is 8.16. The summed E-state index contributed by atoms with van der Waals surface area (Å²) in [6, 6.07) is 11.1. The summed E-state index contributed by atoms with van der Waals surface area (Å²) in [5, 5.41) is 10.7. The molecule has 1 aliphatic rings. The normalized spacial score (nSPS) is 18.8. The molecule has 3 rings (SSSR count). The van der Waals surface area contributed by atoms with Crippen LogP contribution in [-0.4, -0.2) is 46.6 Å². The van der Waals surface area contributed by atoms with E-state index in [0.717, 1.165) is 5.56 Å². The number of amides is 1. The lowest BCUT2D eigenvalue weighted by molar-refractivity contribution is -0.166. The van der Waals surface area contributed by atoms with Crippen molar-refractivity contribution >= 4 is 17.6 Å². The van der Waals surface area contributed by atoms with Gasteiger partial charge in [0.1, 0.15) is 5.69 Å². The zero-order chi connectivity index (χ0) is 18.6. The van der Waals surface area contributed by atoms with Crippen molar-refractivity contribution < 1.29 is 19.2 Å². The van der Waals surface area contributed by atoms with Crippen molar-refractivity contribution in [3.05, 3.63) is 53.9 Å². The molecule has 1 unspecified atom stereocenters. The van der Waals surface area contributed by atoms with Crippen LogP contribution in [0.4, 0.5) is 0 Å². The van der Waals surface area contributed by atoms with E-state index in [1.807, 2.05) is 30.3 Å². The molecule has 1 atom stereocenters. The number of benzene rings is 1. The van der Waals surface area contributed by atoms with Gasteiger partial charge in [0.25, 0.3) is 5.91 Å². The molecular formula is C18H20N4O4. The van der Waals surface area contributed by atoms with E-state index < -0.39 is 11.6 Å². The standard InChI is InChI=1S/C18H20N4O4/c1-22-15(8-9-20-22)16(23)19-12-14-11-18(26-21-14,17(24)25-2)10-13-6-4-3-5-7-13/h3-9H,10-12H2,1-2H3,(H,19,23). The van der Waals surface area contributed by atoms with Crippen molar-refractivity contribution in [2.45, 2.75) is 18.4 Å². The maximum Gasteiger partial charge on any atom is 0.353 e. The lowest BCUT2D eigenvalue weighted by atomic mass is 9.89. The Balaban J connectivity index is 1.65. The van der Waals surface area contributed by atoms with Crippen LogP contribution in [-0.2, 0) is 27.8 Å². The Bertz CT molecular complexity index is 831. The van der Waals surface area contributed by atoms with E-state index >= 15 is 0 Å². The van der Waals surface area contributed by atoms with Crippen molar-refractivity contribution in [2.75, 3.05) is 13.7 Å². The number of oxime groups is 1. The van der Waals surface area contributed by atoms with Gasteiger partial charge in [0.2, 0.25) is 5.60 Å². The second kappa shape index (κ2) is 7.38. The van der Waals surface area contributed by atoms with E-state index in [-0.39, 0.29) is 18.9 Å². The molecule has 1 amide bonds. The fourth-order valence-corrected chi connectivity index (χ4v) is 2.90. The van der Waals surface area contributed by atoms with Gasteiger partial charge in [0, 0.05) is 26.1 Å². The van der Waals surface area contributed by atoms with Crippen molar-refractivity contribution in [3.63, 3.8) is 0 Å². The summed E-state index contributed by atoms with van der Waals surface area (Å²) in [6.07, 6.45) is 2.14. The van der Waals surface area contributed by atoms with Gasteiger partial charge in [-0.1, -0.05) is 35.5 Å². The second-order valence-corrected chi connectivity index (χ2v) is 6.10. The number of esters is 1. The van der Waals surface area contributed by atoms with Gasteiger partial charge < -0.3 is 14.9 Å². The molecule has 1 aromatic carbocycles. The molecule has 2 heterocycles. The van der Waals surface area contributed by atoms with Gasteiger partial charge in [-0.3, -0.25) is 9.48 Å². The summed E-state index contributed by atoms with van der Waals surface area (Å²) < 4.78 is 6.40. The van der Waals surface area contributed by atoms with Crippen LogP contribution < -0.4 is 5.32 Å². The first kappa shape index (κ1) is 17.7. The summed E-state index contributed by atoms with van der Waals surface area (Å²) in [5.41, 5.74) is 0.742. The largest absolute Gasteiger partial charge is 0.466 e. The molecule has 0 spiro atoms. The fraction of sp³-hybridized carbons (Fsp3) is 0.333. The number of carbonyl (C=O) groups is 2. The van der Waals surface area contributed by atoms with Crippen molar-refractivity contribution in [2.24, 2.45) is 12.2 Å². The van der Waals surface area contributed by atoms with E-state index in [2.05, 4.69) is 15.6 Å². The summed E-state index contributed by atoms with van der Waals surface area (Å²) in [6.45, 7) is 0.178. The van der Waals surface area contributed by atoms with Crippen LogP contribution in [0, 0.1) is 0 Å². The molecule has 26 heavy (non-hydrogen) atoms. The molecule has 0 saturated carbocycles. The smallest absolute Gasteiger partial charge is 0.353 e. The minimum absolute atomic E-state index is 0.178. The van der Waals surface area contributed by atoms with Gasteiger partial charge in [-0.2, -0.15) is 5.10 Å². The van der Waals surface area contributed by atoms with Crippen molar-refractivity contribution in [3.8, 4) is 0 Å². The van der Waals surface area contributed by atoms with Crippen molar-refractivity contribution in [1.82, 2.24) is 15.1 Å². The highest BCUT2D eigenvalue weighted by Gasteiger charge is 2.47. The number of ether oxygens (including phenoxy) is 1. The molecular weight excluding hydrogens is 336 g/mol. The number of methoxy groups -OCH3 is 1. The van der Waals surface area contributed by atoms with Crippen LogP contribution >= 0.6 is 0 Å². The molecule has 0 aliphatic carbocycles. The van der Waals surface area contributed by atoms with Crippen LogP contribution in [0.5, 0.6) is 0 Å². The summed E-state index contributed by atoms with van der Waals surface area (Å²) in [7, 11) is 3.01. The second-order valence-electron chi connectivity index (χ2n) is 6.10. The Labute approximate surface area is 150 Å². The van der Waals surface area contributed by atoms with E-state index in [1.54, 1.807) is 19.3 Å². The van der Waals surface area contributed by atoms with E-state index in [9.17, 15) is 9.59 Å². The molecule has 0 radical (unpaired) electrons. The fourth-order valence-electron chi connectivity index (χ4n) is 2.90. The number of hydrogen-bond acceptors (Lipinski definition) is 6. The van der Waals surface area contributed by atoms with E-state index in [0.29, 0.717) is 17.8 Å². The third-order valence-corrected chi connectivity index (χ3v) is 4.24. The molecule has 1 aliphatic heterocycles. The molecule has 1 aromatic heterocycles. The van der Waals surface area contributed by atoms with Gasteiger partial charge in [0.05, 0.1) is 19.4 Å². The predicted molar refractivity (Wildman–Crippen MR) is 93.6 cm³/mol. The number of nitrogens with one attached hydrogen (secondary N) is 1. The van der Waals surface area contributed by atoms with Gasteiger partial charge in [-0.15, -0.1) is 0 Å². The molecule has 136 valence electrons. The third-order valence-electron chi connectivity index (χ3n) is 4.24. The average Bonchev–Trinajstić information content (AvgIpc) is 3.27. The number of nitrogens with zero attached hydrogens (tertiary/aromatic N) is 3. The number of rotatable bonds is 6. The summed E-state index contributed by atoms with van der Waals surface area (Å²) >= 11 is 0. The summed E-state index contributed by atoms with van der Waals surface area (Å²) in [4.78, 5) is 30.0. The lowest BCUT2D eigenvalue weighted by Crippen LogP contribution is -2.43. The molecule has 8 heteroatoms. The SMILES string of the molecule is COC(=O)C1(Cc2ccccc2)CC(CNC(=O)c2ccnn2C)=NO1. The number of hydrogen-bond donors (Lipinski definition) is 1. The van der Waals surface area contributed by atoms with E-state index in [1.165, 1.54) is 11.8 Å². The first-order valence-corrected chi connectivity index (χ1v) is 8.16. The first-order chi connectivity index (χ1) is 12.5. The Morgan fingerprint density at radius 3 is 2.73 bits per heavy atom. The molecule has 8 nitrogen and oxygen atoms in total. The minimum atomic E-state index is -1.21. The van der Waals surface area contributed by atoms with Crippen LogP contribution in [0.25, 0.3) is 0 Å². The quantitative estimate of drug-likeness (QED) is 0.782. The van der Waals surface area contributed by atoms with Crippen molar-refractivity contribution in [1.29, 1.82) is 0 Å². The number of aryl methyl sites for hydroxylation is 1. The molecule has 0 bridgehead atoms. The maximum atomic E-state index is 12.3. The highest BCUT2D eigenvalue weighted by Crippen LogP contribution is 2.29. The number of carbonyl (C=O) groups excluding carboxylic acids is 2. The van der Waals surface area contributed by atoms with Gasteiger partial charge in [0.15, 0.2) is 0 Å². The minimum Gasteiger partial charge on any atom is -0.466 e. The Hall–Kier alpha value is -3.16. The Kier molecular flexibility index (Phi) is 5.01. The predicted octanol–water partition coefficient (Wildman–Crippen LogP) is 1.08. The van der Waals surface area contributed by atoms with Gasteiger partial charge in [-0.05, 0) is 11.6 Å². The van der Waals surface area contributed by atoms with Crippen LogP contribution in [0.15, 0.2) is 47.8 Å². The van der Waals surface area contributed by atoms with Gasteiger partial charge in [-0.25, -0.2) is 4.79 Å². The maximum absolute atomic E-state index is 12.3. The van der Waals surface area contributed by atoms with Crippen LogP contribution in [0.1, 0.15) is 22.5 Å². The molecule has 2 aromatic rings. The molecule has 0 saturated heterocycles. The van der Waals surface area contributed by atoms with Crippen LogP contribution in [0.3, 0.4) is 0 Å². The zero-order valence-corrected chi connectivity index (χ0v) is 14.6. The third kappa shape index (κ3) is 3.58. The monoisotopic (exact) mass is 356 g/mol. The van der Waals surface area contributed by atoms with E-state index in [4.69, 9.17) is 9.57 Å². The molecule has 0 fully saturated rings. The molecule has 1 N–H and O–H groups in total. The zero-order valence-electron chi connectivity index (χ0n) is 14.6. The van der Waals surface area contributed by atoms with Gasteiger partial charge >= 0.3 is 5.97 Å². The topological polar surface area (TPSA) is 94.8 Å². The average molecular weight is 356 g/mol. The Morgan fingerprint density at radius 2 is 2.08 bits per heavy atom. The lowest BCUT2D eigenvalue weighted by Gasteiger charge is -2.23. The summed E-state index contributed by atoms with van der Waals surface area (Å²) in [5.74, 6) is -0.760. The highest BCUT2D eigenvalue weighted by atomic mass is 16.7.